The second-order valence-electron chi connectivity index (χ2n) is 7.83. The Morgan fingerprint density at radius 2 is 1.83 bits per heavy atom. The van der Waals surface area contributed by atoms with Gasteiger partial charge >= 0.3 is 0 Å². The largest absolute Gasteiger partial charge is 0.496 e. The van der Waals surface area contributed by atoms with Crippen LogP contribution >= 0.6 is 0 Å². The first-order valence-electron chi connectivity index (χ1n) is 10.2. The smallest absolute Gasteiger partial charge is 0.204 e. The average Bonchev–Trinajstić information content (AvgIpc) is 3.21. The highest BCUT2D eigenvalue weighted by molar-refractivity contribution is 5.58. The molecule has 0 aliphatic heterocycles. The molecule has 152 valence electrons. The van der Waals surface area contributed by atoms with Crippen LogP contribution in [0.5, 0.6) is 5.75 Å². The number of nitrogens with zero attached hydrogens (tertiary/aromatic N) is 4. The van der Waals surface area contributed by atoms with E-state index >= 15 is 0 Å². The number of benzene rings is 2. The summed E-state index contributed by atoms with van der Waals surface area (Å²) in [6, 6.07) is 16.8. The molecular weight excluding hydrogens is 364 g/mol. The Morgan fingerprint density at radius 1 is 1.03 bits per heavy atom. The van der Waals surface area contributed by atoms with Crippen LogP contribution in [0.3, 0.4) is 0 Å². The number of aromatic nitrogens is 4. The standard InChI is InChI=1S/C23H28N4O2/c1-27-25-22(24-26-27)18-11-12-21(28-2)19(15-18)16-29-17-23(13-7-4-8-14-23)20-9-5-3-6-10-20/h3,5-6,9-12,15H,4,7-8,13-14,16-17H2,1-2H3. The van der Waals surface area contributed by atoms with Crippen molar-refractivity contribution in [1.29, 1.82) is 0 Å². The number of ether oxygens (including phenoxy) is 2. The van der Waals surface area contributed by atoms with Gasteiger partial charge in [0.25, 0.3) is 0 Å². The molecule has 0 unspecified atom stereocenters. The predicted octanol–water partition coefficient (Wildman–Crippen LogP) is 4.30. The SMILES string of the molecule is COc1ccc(-c2nnn(C)n2)cc1COCC1(c2ccccc2)CCCCC1. The van der Waals surface area contributed by atoms with Gasteiger partial charge in [-0.25, -0.2) is 0 Å². The van der Waals surface area contributed by atoms with E-state index in [2.05, 4.69) is 45.7 Å². The van der Waals surface area contributed by atoms with Crippen molar-refractivity contribution in [3.05, 3.63) is 59.7 Å². The fraction of sp³-hybridized carbons (Fsp3) is 0.435. The fourth-order valence-corrected chi connectivity index (χ4v) is 4.32. The highest BCUT2D eigenvalue weighted by atomic mass is 16.5. The van der Waals surface area contributed by atoms with Crippen molar-refractivity contribution in [2.75, 3.05) is 13.7 Å². The molecule has 1 aliphatic carbocycles. The number of tetrazole rings is 1. The van der Waals surface area contributed by atoms with Crippen LogP contribution in [0.4, 0.5) is 0 Å². The molecule has 1 saturated carbocycles. The first kappa shape index (κ1) is 19.6. The summed E-state index contributed by atoms with van der Waals surface area (Å²) in [5.41, 5.74) is 3.41. The van der Waals surface area contributed by atoms with Crippen LogP contribution in [-0.4, -0.2) is 33.9 Å². The fourth-order valence-electron chi connectivity index (χ4n) is 4.32. The summed E-state index contributed by atoms with van der Waals surface area (Å²) in [5, 5.41) is 12.3. The van der Waals surface area contributed by atoms with Gasteiger partial charge in [0.15, 0.2) is 0 Å². The molecule has 0 atom stereocenters. The van der Waals surface area contributed by atoms with Crippen LogP contribution in [0, 0.1) is 0 Å². The molecule has 6 heteroatoms. The van der Waals surface area contributed by atoms with Gasteiger partial charge in [-0.1, -0.05) is 49.6 Å². The van der Waals surface area contributed by atoms with E-state index in [1.54, 1.807) is 14.2 Å². The topological polar surface area (TPSA) is 62.1 Å². The van der Waals surface area contributed by atoms with E-state index in [4.69, 9.17) is 9.47 Å². The molecular formula is C23H28N4O2. The maximum atomic E-state index is 6.31. The Balaban J connectivity index is 1.51. The highest BCUT2D eigenvalue weighted by Gasteiger charge is 2.34. The first-order valence-corrected chi connectivity index (χ1v) is 10.2. The maximum Gasteiger partial charge on any atom is 0.204 e. The van der Waals surface area contributed by atoms with E-state index in [0.717, 1.165) is 16.9 Å². The minimum Gasteiger partial charge on any atom is -0.496 e. The number of hydrogen-bond acceptors (Lipinski definition) is 5. The summed E-state index contributed by atoms with van der Waals surface area (Å²) in [6.45, 7) is 1.21. The molecule has 0 amide bonds. The predicted molar refractivity (Wildman–Crippen MR) is 112 cm³/mol. The molecule has 0 radical (unpaired) electrons. The second-order valence-corrected chi connectivity index (χ2v) is 7.83. The van der Waals surface area contributed by atoms with Gasteiger partial charge in [-0.3, -0.25) is 0 Å². The lowest BCUT2D eigenvalue weighted by atomic mass is 9.70. The molecule has 1 aliphatic rings. The van der Waals surface area contributed by atoms with E-state index < -0.39 is 0 Å². The number of aryl methyl sites for hydroxylation is 1. The van der Waals surface area contributed by atoms with Crippen LogP contribution in [-0.2, 0) is 23.8 Å². The molecule has 4 rings (SSSR count). The van der Waals surface area contributed by atoms with Gasteiger partial charge < -0.3 is 9.47 Å². The molecule has 0 N–H and O–H groups in total. The zero-order chi connectivity index (χ0) is 20.1. The molecule has 1 aromatic heterocycles. The van der Waals surface area contributed by atoms with Crippen LogP contribution in [0.15, 0.2) is 48.5 Å². The number of rotatable bonds is 7. The van der Waals surface area contributed by atoms with Crippen molar-refractivity contribution in [3.8, 4) is 17.1 Å². The lowest BCUT2D eigenvalue weighted by Gasteiger charge is -2.37. The Labute approximate surface area is 171 Å². The zero-order valence-electron chi connectivity index (χ0n) is 17.2. The third-order valence-corrected chi connectivity index (χ3v) is 5.88. The van der Waals surface area contributed by atoms with E-state index in [1.807, 2.05) is 18.2 Å². The van der Waals surface area contributed by atoms with Crippen molar-refractivity contribution in [1.82, 2.24) is 20.2 Å². The van der Waals surface area contributed by atoms with E-state index in [0.29, 0.717) is 19.0 Å². The van der Waals surface area contributed by atoms with Gasteiger partial charge in [0.05, 0.1) is 27.4 Å². The summed E-state index contributed by atoms with van der Waals surface area (Å²) in [4.78, 5) is 1.46. The molecule has 3 aromatic rings. The third-order valence-electron chi connectivity index (χ3n) is 5.88. The Bertz CT molecular complexity index is 933. The van der Waals surface area contributed by atoms with Gasteiger partial charge in [0.1, 0.15) is 5.75 Å². The summed E-state index contributed by atoms with van der Waals surface area (Å²) >= 11 is 0. The summed E-state index contributed by atoms with van der Waals surface area (Å²) in [6.07, 6.45) is 6.19. The van der Waals surface area contributed by atoms with Gasteiger partial charge in [-0.05, 0) is 41.8 Å². The normalized spacial score (nSPS) is 15.9. The molecule has 0 saturated heterocycles. The Kier molecular flexibility index (Phi) is 5.90. The van der Waals surface area contributed by atoms with Crippen molar-refractivity contribution in [3.63, 3.8) is 0 Å². The minimum atomic E-state index is 0.108. The van der Waals surface area contributed by atoms with Gasteiger partial charge in [0, 0.05) is 16.5 Å². The summed E-state index contributed by atoms with van der Waals surface area (Å²) in [5.74, 6) is 1.42. The molecule has 1 fully saturated rings. The quantitative estimate of drug-likeness (QED) is 0.600. The lowest BCUT2D eigenvalue weighted by Crippen LogP contribution is -2.34. The van der Waals surface area contributed by atoms with Gasteiger partial charge in [-0.2, -0.15) is 4.80 Å². The van der Waals surface area contributed by atoms with Crippen LogP contribution in [0.25, 0.3) is 11.4 Å². The molecule has 6 nitrogen and oxygen atoms in total. The van der Waals surface area contributed by atoms with E-state index in [9.17, 15) is 0 Å². The molecule has 2 aromatic carbocycles. The number of methoxy groups -OCH3 is 1. The highest BCUT2D eigenvalue weighted by Crippen LogP contribution is 2.40. The minimum absolute atomic E-state index is 0.108. The van der Waals surface area contributed by atoms with Crippen molar-refractivity contribution >= 4 is 0 Å². The van der Waals surface area contributed by atoms with Crippen LogP contribution in [0.2, 0.25) is 0 Å². The molecule has 29 heavy (non-hydrogen) atoms. The van der Waals surface area contributed by atoms with Crippen LogP contribution in [0.1, 0.15) is 43.2 Å². The first-order chi connectivity index (χ1) is 14.2. The summed E-state index contributed by atoms with van der Waals surface area (Å²) in [7, 11) is 3.45. The summed E-state index contributed by atoms with van der Waals surface area (Å²) < 4.78 is 11.9. The molecule has 0 spiro atoms. The van der Waals surface area contributed by atoms with Crippen molar-refractivity contribution < 1.29 is 9.47 Å². The van der Waals surface area contributed by atoms with Crippen LogP contribution < -0.4 is 4.74 Å². The lowest BCUT2D eigenvalue weighted by molar-refractivity contribution is 0.0526. The van der Waals surface area contributed by atoms with Gasteiger partial charge in [0.2, 0.25) is 5.82 Å². The number of hydrogen-bond donors (Lipinski definition) is 0. The monoisotopic (exact) mass is 392 g/mol. The van der Waals surface area contributed by atoms with Crippen molar-refractivity contribution in [2.24, 2.45) is 7.05 Å². The second kappa shape index (κ2) is 8.74. The zero-order valence-corrected chi connectivity index (χ0v) is 17.2. The molecule has 0 bridgehead atoms. The average molecular weight is 393 g/mol. The van der Waals surface area contributed by atoms with E-state index in [1.165, 1.54) is 42.5 Å². The van der Waals surface area contributed by atoms with E-state index in [-0.39, 0.29) is 5.41 Å². The maximum absolute atomic E-state index is 6.31. The van der Waals surface area contributed by atoms with Crippen molar-refractivity contribution in [2.45, 2.75) is 44.1 Å². The molecule has 1 heterocycles. The Morgan fingerprint density at radius 3 is 2.52 bits per heavy atom. The Hall–Kier alpha value is -2.73. The van der Waals surface area contributed by atoms with Gasteiger partial charge in [-0.15, -0.1) is 10.2 Å². The third kappa shape index (κ3) is 4.32.